The molecular formula is C10H9BrF3N. The van der Waals surface area contributed by atoms with Crippen molar-refractivity contribution in [2.45, 2.75) is 17.4 Å². The predicted molar refractivity (Wildman–Crippen MR) is 56.4 cm³/mol. The number of alkyl halides is 4. The van der Waals surface area contributed by atoms with Crippen LogP contribution in [0, 0.1) is 0 Å². The molecule has 0 amide bonds. The van der Waals surface area contributed by atoms with Gasteiger partial charge in [0, 0.05) is 17.8 Å². The van der Waals surface area contributed by atoms with Crippen LogP contribution in [0.4, 0.5) is 18.9 Å². The van der Waals surface area contributed by atoms with E-state index in [1.165, 1.54) is 6.07 Å². The van der Waals surface area contributed by atoms with Gasteiger partial charge in [0.05, 0.1) is 0 Å². The van der Waals surface area contributed by atoms with Crippen molar-refractivity contribution in [2.24, 2.45) is 0 Å². The maximum absolute atomic E-state index is 13.5. The lowest BCUT2D eigenvalue weighted by atomic mass is 10.0. The summed E-state index contributed by atoms with van der Waals surface area (Å²) in [6.07, 6.45) is -1.57. The first-order valence-electron chi connectivity index (χ1n) is 4.56. The number of para-hydroxylation sites is 1. The molecule has 1 N–H and O–H groups in total. The van der Waals surface area contributed by atoms with Gasteiger partial charge in [-0.2, -0.15) is 8.78 Å². The third-order valence-corrected chi connectivity index (χ3v) is 2.84. The summed E-state index contributed by atoms with van der Waals surface area (Å²) in [7, 11) is 0. The molecule has 2 rings (SSSR count). The monoisotopic (exact) mass is 279 g/mol. The highest BCUT2D eigenvalue weighted by atomic mass is 79.9. The Labute approximate surface area is 93.8 Å². The molecule has 0 spiro atoms. The van der Waals surface area contributed by atoms with Crippen molar-refractivity contribution < 1.29 is 13.2 Å². The fraction of sp³-hybridized carbons (Fsp3) is 0.400. The summed E-state index contributed by atoms with van der Waals surface area (Å²) in [5.74, 6) is 0. The molecule has 0 bridgehead atoms. The van der Waals surface area contributed by atoms with Gasteiger partial charge in [0.2, 0.25) is 6.17 Å². The minimum absolute atomic E-state index is 0.0203. The van der Waals surface area contributed by atoms with Crippen LogP contribution < -0.4 is 5.32 Å². The molecule has 15 heavy (non-hydrogen) atoms. The Morgan fingerprint density at radius 2 is 2.13 bits per heavy atom. The lowest BCUT2D eigenvalue weighted by Crippen LogP contribution is -2.15. The Hall–Kier alpha value is -0.710. The van der Waals surface area contributed by atoms with E-state index in [2.05, 4.69) is 21.2 Å². The normalized spacial score (nSPS) is 17.1. The first-order valence-corrected chi connectivity index (χ1v) is 5.36. The van der Waals surface area contributed by atoms with Crippen molar-refractivity contribution in [3.63, 3.8) is 0 Å². The zero-order valence-corrected chi connectivity index (χ0v) is 9.32. The van der Waals surface area contributed by atoms with Gasteiger partial charge < -0.3 is 5.32 Å². The van der Waals surface area contributed by atoms with Crippen LogP contribution in [0.1, 0.15) is 17.3 Å². The summed E-state index contributed by atoms with van der Waals surface area (Å²) in [6.45, 7) is 0.674. The zero-order valence-electron chi connectivity index (χ0n) is 7.74. The van der Waals surface area contributed by atoms with Gasteiger partial charge in [-0.05, 0) is 27.9 Å². The molecule has 1 nitrogen and oxygen atoms in total. The van der Waals surface area contributed by atoms with Crippen molar-refractivity contribution in [3.05, 3.63) is 29.3 Å². The predicted octanol–water partition coefficient (Wildman–Crippen LogP) is 3.65. The Balaban J connectivity index is 2.41. The number of hydrogen-bond acceptors (Lipinski definition) is 1. The molecule has 1 aliphatic rings. The summed E-state index contributed by atoms with van der Waals surface area (Å²) >= 11 is 2.05. The molecule has 1 aromatic carbocycles. The number of nitrogens with one attached hydrogen (secondary N) is 1. The average molecular weight is 280 g/mol. The van der Waals surface area contributed by atoms with Crippen LogP contribution >= 0.6 is 15.9 Å². The SMILES string of the molecule is FC(c1cccc2c1NCC2)C(F)(F)Br. The molecule has 0 aliphatic carbocycles. The highest BCUT2D eigenvalue weighted by Crippen LogP contribution is 2.43. The molecule has 1 aliphatic heterocycles. The van der Waals surface area contributed by atoms with Crippen LogP contribution in [-0.2, 0) is 6.42 Å². The van der Waals surface area contributed by atoms with E-state index in [-0.39, 0.29) is 5.56 Å². The van der Waals surface area contributed by atoms with Gasteiger partial charge in [-0.3, -0.25) is 0 Å². The van der Waals surface area contributed by atoms with Crippen LogP contribution in [0.2, 0.25) is 0 Å². The van der Waals surface area contributed by atoms with Crippen molar-refractivity contribution in [1.82, 2.24) is 0 Å². The first kappa shape index (κ1) is 10.8. The summed E-state index contributed by atoms with van der Waals surface area (Å²) in [6, 6.07) is 4.81. The lowest BCUT2D eigenvalue weighted by Gasteiger charge is -2.17. The third-order valence-electron chi connectivity index (χ3n) is 2.44. The van der Waals surface area contributed by atoms with Crippen LogP contribution in [-0.4, -0.2) is 11.4 Å². The Morgan fingerprint density at radius 1 is 1.40 bits per heavy atom. The van der Waals surface area contributed by atoms with Gasteiger partial charge in [0.15, 0.2) is 0 Å². The summed E-state index contributed by atoms with van der Waals surface area (Å²) in [4.78, 5) is -3.52. The lowest BCUT2D eigenvalue weighted by molar-refractivity contribution is 0.0215. The molecule has 82 valence electrons. The molecule has 1 heterocycles. The second-order valence-electron chi connectivity index (χ2n) is 3.46. The van der Waals surface area contributed by atoms with E-state index in [4.69, 9.17) is 0 Å². The van der Waals surface area contributed by atoms with E-state index in [0.29, 0.717) is 12.2 Å². The fourth-order valence-electron chi connectivity index (χ4n) is 1.75. The molecule has 0 radical (unpaired) electrons. The molecule has 0 saturated carbocycles. The number of hydrogen-bond donors (Lipinski definition) is 1. The van der Waals surface area contributed by atoms with E-state index in [1.807, 2.05) is 6.07 Å². The van der Waals surface area contributed by atoms with Crippen LogP contribution in [0.15, 0.2) is 18.2 Å². The second-order valence-corrected chi connectivity index (χ2v) is 4.52. The molecule has 0 saturated heterocycles. The summed E-state index contributed by atoms with van der Waals surface area (Å²) < 4.78 is 39.0. The van der Waals surface area contributed by atoms with Gasteiger partial charge in [-0.25, -0.2) is 4.39 Å². The number of fused-ring (bicyclic) bond motifs is 1. The fourth-order valence-corrected chi connectivity index (χ4v) is 2.00. The Morgan fingerprint density at radius 3 is 2.80 bits per heavy atom. The molecule has 1 unspecified atom stereocenters. The molecular weight excluding hydrogens is 271 g/mol. The van der Waals surface area contributed by atoms with Gasteiger partial charge in [-0.1, -0.05) is 18.2 Å². The van der Waals surface area contributed by atoms with E-state index in [9.17, 15) is 13.2 Å². The molecule has 1 atom stereocenters. The highest BCUT2D eigenvalue weighted by Gasteiger charge is 2.40. The van der Waals surface area contributed by atoms with Crippen molar-refractivity contribution in [2.75, 3.05) is 11.9 Å². The summed E-state index contributed by atoms with van der Waals surface area (Å²) in [5.41, 5.74) is 1.43. The van der Waals surface area contributed by atoms with Crippen molar-refractivity contribution in [3.8, 4) is 0 Å². The smallest absolute Gasteiger partial charge is 0.336 e. The van der Waals surface area contributed by atoms with Gasteiger partial charge >= 0.3 is 4.83 Å². The maximum atomic E-state index is 13.5. The molecule has 5 heteroatoms. The zero-order chi connectivity index (χ0) is 11.1. The van der Waals surface area contributed by atoms with Gasteiger partial charge in [0.25, 0.3) is 0 Å². The van der Waals surface area contributed by atoms with Gasteiger partial charge in [-0.15, -0.1) is 0 Å². The van der Waals surface area contributed by atoms with E-state index >= 15 is 0 Å². The minimum atomic E-state index is -3.52. The number of anilines is 1. The first-order chi connectivity index (χ1) is 7.00. The molecule has 0 aromatic heterocycles. The molecule has 0 fully saturated rings. The van der Waals surface area contributed by atoms with E-state index in [0.717, 1.165) is 12.0 Å². The Bertz CT molecular complexity index is 375. The quantitative estimate of drug-likeness (QED) is 0.815. The van der Waals surface area contributed by atoms with E-state index < -0.39 is 11.0 Å². The van der Waals surface area contributed by atoms with Gasteiger partial charge in [0.1, 0.15) is 0 Å². The largest absolute Gasteiger partial charge is 0.384 e. The van der Waals surface area contributed by atoms with Crippen molar-refractivity contribution in [1.29, 1.82) is 0 Å². The maximum Gasteiger partial charge on any atom is 0.336 e. The minimum Gasteiger partial charge on any atom is -0.384 e. The third kappa shape index (κ3) is 1.97. The van der Waals surface area contributed by atoms with Crippen LogP contribution in [0.5, 0.6) is 0 Å². The van der Waals surface area contributed by atoms with Crippen molar-refractivity contribution >= 4 is 21.6 Å². The van der Waals surface area contributed by atoms with E-state index in [1.54, 1.807) is 6.07 Å². The van der Waals surface area contributed by atoms with Crippen LogP contribution in [0.25, 0.3) is 0 Å². The number of halogens is 4. The number of rotatable bonds is 2. The standard InChI is InChI=1S/C10H9BrF3N/c11-10(13,14)9(12)7-3-1-2-6-4-5-15-8(6)7/h1-3,9,15H,4-5H2. The summed E-state index contributed by atoms with van der Waals surface area (Å²) in [5, 5.41) is 2.93. The highest BCUT2D eigenvalue weighted by molar-refractivity contribution is 9.10. The number of benzene rings is 1. The average Bonchev–Trinajstić information content (AvgIpc) is 2.62. The molecule has 1 aromatic rings. The Kier molecular flexibility index (Phi) is 2.66. The van der Waals surface area contributed by atoms with Crippen LogP contribution in [0.3, 0.4) is 0 Å². The topological polar surface area (TPSA) is 12.0 Å². The second kappa shape index (κ2) is 3.70.